The monoisotopic (exact) mass is 249 g/mol. The molecule has 1 aromatic rings. The van der Waals surface area contributed by atoms with Gasteiger partial charge in [-0.2, -0.15) is 0 Å². The molecule has 1 fully saturated rings. The van der Waals surface area contributed by atoms with E-state index in [1.165, 1.54) is 0 Å². The van der Waals surface area contributed by atoms with Gasteiger partial charge in [0, 0.05) is 6.42 Å². The Bertz CT molecular complexity index is 459. The zero-order valence-electron chi connectivity index (χ0n) is 9.80. The third-order valence-corrected chi connectivity index (χ3v) is 3.24. The second-order valence-corrected chi connectivity index (χ2v) is 4.59. The summed E-state index contributed by atoms with van der Waals surface area (Å²) in [6.07, 6.45) is 0.692. The number of nitrogens with one attached hydrogen (secondary N) is 1. The van der Waals surface area contributed by atoms with Crippen LogP contribution in [0.1, 0.15) is 18.4 Å². The van der Waals surface area contributed by atoms with Crippen molar-refractivity contribution in [1.82, 2.24) is 5.32 Å². The Hall–Kier alpha value is -1.88. The molecule has 1 heterocycles. The zero-order chi connectivity index (χ0) is 13.2. The number of rotatable bonds is 4. The molecule has 5 heteroatoms. The minimum absolute atomic E-state index is 0.0754. The Morgan fingerprint density at radius 2 is 2.06 bits per heavy atom. The van der Waals surface area contributed by atoms with Crippen LogP contribution >= 0.6 is 0 Å². The quantitative estimate of drug-likeness (QED) is 0.717. The van der Waals surface area contributed by atoms with Gasteiger partial charge in [-0.15, -0.1) is 0 Å². The number of hydrogen-bond acceptors (Lipinski definition) is 3. The van der Waals surface area contributed by atoms with Crippen molar-refractivity contribution >= 4 is 11.9 Å². The van der Waals surface area contributed by atoms with Crippen LogP contribution in [0.3, 0.4) is 0 Å². The van der Waals surface area contributed by atoms with Crippen molar-refractivity contribution < 1.29 is 19.8 Å². The van der Waals surface area contributed by atoms with Crippen molar-refractivity contribution in [3.05, 3.63) is 35.9 Å². The Labute approximate surface area is 104 Å². The van der Waals surface area contributed by atoms with Crippen LogP contribution in [0.5, 0.6) is 0 Å². The molecule has 1 aromatic carbocycles. The van der Waals surface area contributed by atoms with Gasteiger partial charge < -0.3 is 15.5 Å². The normalized spacial score (nSPS) is 26.9. The summed E-state index contributed by atoms with van der Waals surface area (Å²) in [5, 5.41) is 21.3. The average Bonchev–Trinajstić information content (AvgIpc) is 2.66. The van der Waals surface area contributed by atoms with Crippen molar-refractivity contribution in [3.8, 4) is 0 Å². The van der Waals surface area contributed by atoms with Crippen molar-refractivity contribution in [3.63, 3.8) is 0 Å². The molecular formula is C13H15NO4. The largest absolute Gasteiger partial charge is 0.480 e. The fourth-order valence-corrected chi connectivity index (χ4v) is 2.13. The molecule has 2 atom stereocenters. The van der Waals surface area contributed by atoms with Gasteiger partial charge in [-0.05, 0) is 18.4 Å². The number of benzene rings is 1. The number of aliphatic carboxylic acids is 1. The highest BCUT2D eigenvalue weighted by Gasteiger charge is 2.47. The summed E-state index contributed by atoms with van der Waals surface area (Å²) in [5.41, 5.74) is -0.559. The van der Waals surface area contributed by atoms with E-state index in [0.717, 1.165) is 5.56 Å². The highest BCUT2D eigenvalue weighted by Crippen LogP contribution is 2.26. The third-order valence-electron chi connectivity index (χ3n) is 3.24. The number of hydrogen-bond donors (Lipinski definition) is 3. The predicted molar refractivity (Wildman–Crippen MR) is 63.9 cm³/mol. The lowest BCUT2D eigenvalue weighted by molar-refractivity contribution is -0.140. The van der Waals surface area contributed by atoms with Gasteiger partial charge in [-0.25, -0.2) is 4.79 Å². The summed E-state index contributed by atoms with van der Waals surface area (Å²) >= 11 is 0. The molecule has 0 aromatic heterocycles. The van der Waals surface area contributed by atoms with E-state index in [0.29, 0.717) is 6.42 Å². The molecule has 1 saturated heterocycles. The molecule has 5 nitrogen and oxygen atoms in total. The van der Waals surface area contributed by atoms with E-state index in [9.17, 15) is 14.7 Å². The number of amides is 1. The van der Waals surface area contributed by atoms with E-state index < -0.39 is 23.5 Å². The minimum atomic E-state index is -1.57. The number of aryl methyl sites for hydroxylation is 1. The first-order valence-corrected chi connectivity index (χ1v) is 5.81. The summed E-state index contributed by atoms with van der Waals surface area (Å²) in [6, 6.07) is 8.48. The van der Waals surface area contributed by atoms with E-state index in [1.807, 2.05) is 30.3 Å². The number of carbonyl (C=O) groups excluding carboxylic acids is 1. The van der Waals surface area contributed by atoms with Gasteiger partial charge >= 0.3 is 5.97 Å². The Kier molecular flexibility index (Phi) is 3.34. The van der Waals surface area contributed by atoms with Crippen LogP contribution in [-0.2, 0) is 16.0 Å². The average molecular weight is 249 g/mol. The molecular weight excluding hydrogens is 234 g/mol. The fraction of sp³-hybridized carbons (Fsp3) is 0.385. The van der Waals surface area contributed by atoms with Gasteiger partial charge in [-0.1, -0.05) is 30.3 Å². The molecule has 96 valence electrons. The lowest BCUT2D eigenvalue weighted by Gasteiger charge is -2.18. The first-order chi connectivity index (χ1) is 8.51. The zero-order valence-corrected chi connectivity index (χ0v) is 9.80. The van der Waals surface area contributed by atoms with Crippen LogP contribution in [-0.4, -0.2) is 33.7 Å². The van der Waals surface area contributed by atoms with Crippen LogP contribution in [0.4, 0.5) is 0 Å². The number of carboxylic acids is 1. The molecule has 18 heavy (non-hydrogen) atoms. The van der Waals surface area contributed by atoms with Crippen LogP contribution in [0, 0.1) is 0 Å². The van der Waals surface area contributed by atoms with Crippen LogP contribution in [0.15, 0.2) is 30.3 Å². The molecule has 1 aliphatic heterocycles. The van der Waals surface area contributed by atoms with Gasteiger partial charge in [-0.3, -0.25) is 4.79 Å². The molecule has 0 saturated carbocycles. The van der Waals surface area contributed by atoms with Crippen LogP contribution < -0.4 is 5.32 Å². The number of aliphatic hydroxyl groups is 1. The van der Waals surface area contributed by atoms with Gasteiger partial charge in [0.2, 0.25) is 0 Å². The van der Waals surface area contributed by atoms with E-state index in [4.69, 9.17) is 5.11 Å². The summed E-state index contributed by atoms with van der Waals surface area (Å²) < 4.78 is 0. The predicted octanol–water partition coefficient (Wildman–Crippen LogP) is 0.323. The second-order valence-electron chi connectivity index (χ2n) is 4.59. The molecule has 1 amide bonds. The van der Waals surface area contributed by atoms with Gasteiger partial charge in [0.15, 0.2) is 0 Å². The molecule has 2 rings (SSSR count). The third kappa shape index (κ3) is 2.51. The summed E-state index contributed by atoms with van der Waals surface area (Å²) in [6.45, 7) is 0. The van der Waals surface area contributed by atoms with Crippen molar-refractivity contribution in [2.45, 2.75) is 30.9 Å². The lowest BCUT2D eigenvalue weighted by atomic mass is 9.92. The molecule has 0 unspecified atom stereocenters. The van der Waals surface area contributed by atoms with E-state index in [2.05, 4.69) is 5.32 Å². The summed E-state index contributed by atoms with van der Waals surface area (Å²) in [7, 11) is 0. The maximum absolute atomic E-state index is 11.6. The standard InChI is InChI=1S/C13H15NO4/c15-11(16)10-8-13(18,12(17)14-10)7-6-9-4-2-1-3-5-9/h1-5,10,18H,6-8H2,(H,14,17)(H,15,16)/t10-,13+/m0/s1. The van der Waals surface area contributed by atoms with Crippen LogP contribution in [0.25, 0.3) is 0 Å². The fourth-order valence-electron chi connectivity index (χ4n) is 2.13. The highest BCUT2D eigenvalue weighted by atomic mass is 16.4. The molecule has 0 radical (unpaired) electrons. The van der Waals surface area contributed by atoms with Gasteiger partial charge in [0.05, 0.1) is 0 Å². The highest BCUT2D eigenvalue weighted by molar-refractivity contribution is 5.93. The molecule has 0 bridgehead atoms. The Morgan fingerprint density at radius 1 is 1.39 bits per heavy atom. The maximum atomic E-state index is 11.6. The molecule has 0 aliphatic carbocycles. The Morgan fingerprint density at radius 3 is 2.61 bits per heavy atom. The topological polar surface area (TPSA) is 86.6 Å². The molecule has 3 N–H and O–H groups in total. The second kappa shape index (κ2) is 4.78. The summed E-state index contributed by atoms with van der Waals surface area (Å²) in [5.74, 6) is -1.70. The number of carboxylic acid groups (broad SMARTS) is 1. The first-order valence-electron chi connectivity index (χ1n) is 5.81. The summed E-state index contributed by atoms with van der Waals surface area (Å²) in [4.78, 5) is 22.4. The van der Waals surface area contributed by atoms with Crippen molar-refractivity contribution in [2.75, 3.05) is 0 Å². The lowest BCUT2D eigenvalue weighted by Crippen LogP contribution is -2.38. The van der Waals surface area contributed by atoms with Crippen molar-refractivity contribution in [2.24, 2.45) is 0 Å². The SMILES string of the molecule is O=C(O)[C@@H]1C[C@](O)(CCc2ccccc2)C(=O)N1. The van der Waals surface area contributed by atoms with Crippen molar-refractivity contribution in [1.29, 1.82) is 0 Å². The minimum Gasteiger partial charge on any atom is -0.480 e. The molecule has 0 spiro atoms. The Balaban J connectivity index is 2.00. The first kappa shape index (κ1) is 12.6. The van der Waals surface area contributed by atoms with E-state index in [1.54, 1.807) is 0 Å². The van der Waals surface area contributed by atoms with Gasteiger partial charge in [0.25, 0.3) is 5.91 Å². The van der Waals surface area contributed by atoms with Gasteiger partial charge in [0.1, 0.15) is 11.6 Å². The number of carbonyl (C=O) groups is 2. The maximum Gasteiger partial charge on any atom is 0.326 e. The van der Waals surface area contributed by atoms with E-state index in [-0.39, 0.29) is 12.8 Å². The van der Waals surface area contributed by atoms with Crippen LogP contribution in [0.2, 0.25) is 0 Å². The van der Waals surface area contributed by atoms with E-state index >= 15 is 0 Å². The molecule has 1 aliphatic rings. The smallest absolute Gasteiger partial charge is 0.326 e.